The van der Waals surface area contributed by atoms with Gasteiger partial charge in [-0.3, -0.25) is 0 Å². The zero-order chi connectivity index (χ0) is 23.2. The highest BCUT2D eigenvalue weighted by atomic mass is 16.5. The molecule has 4 aromatic rings. The molecule has 0 amide bonds. The van der Waals surface area contributed by atoms with E-state index in [9.17, 15) is 0 Å². The largest absolute Gasteiger partial charge is 0.497 e. The molecule has 0 radical (unpaired) electrons. The molecule has 0 saturated carbocycles. The Kier molecular flexibility index (Phi) is 7.22. The number of aromatic nitrogens is 2. The van der Waals surface area contributed by atoms with E-state index in [1.54, 1.807) is 7.11 Å². The summed E-state index contributed by atoms with van der Waals surface area (Å²) >= 11 is 0. The van der Waals surface area contributed by atoms with Crippen LogP contribution in [0.4, 0.5) is 0 Å². The normalized spacial score (nSPS) is 12.3. The molecule has 0 spiro atoms. The Morgan fingerprint density at radius 2 is 1.64 bits per heavy atom. The predicted octanol–water partition coefficient (Wildman–Crippen LogP) is 5.20. The third-order valence-electron chi connectivity index (χ3n) is 5.50. The van der Waals surface area contributed by atoms with Gasteiger partial charge >= 0.3 is 0 Å². The van der Waals surface area contributed by atoms with Crippen molar-refractivity contribution in [3.05, 3.63) is 60.9 Å². The number of benzene rings is 2. The highest BCUT2D eigenvalue weighted by Crippen LogP contribution is 2.43. The van der Waals surface area contributed by atoms with E-state index in [1.165, 1.54) is 6.33 Å². The number of hydrogen-bond acceptors (Lipinski definition) is 7. The molecule has 0 fully saturated rings. The van der Waals surface area contributed by atoms with Crippen LogP contribution >= 0.6 is 0 Å². The number of aliphatic hydroxyl groups excluding tert-OH is 1. The molecule has 33 heavy (non-hydrogen) atoms. The molecule has 0 aliphatic carbocycles. The van der Waals surface area contributed by atoms with Gasteiger partial charge in [-0.1, -0.05) is 42.5 Å². The molecule has 0 saturated heterocycles. The summed E-state index contributed by atoms with van der Waals surface area (Å²) in [6.07, 6.45) is 2.72. The lowest BCUT2D eigenvalue weighted by atomic mass is 9.99. The number of methoxy groups -OCH3 is 1. The van der Waals surface area contributed by atoms with Gasteiger partial charge in [0.05, 0.1) is 13.2 Å². The molecular formula is C26H28N2O5. The third-order valence-corrected chi connectivity index (χ3v) is 5.50. The van der Waals surface area contributed by atoms with Crippen LogP contribution in [0.15, 0.2) is 65.3 Å². The van der Waals surface area contributed by atoms with E-state index in [0.717, 1.165) is 40.7 Å². The standard InChI is InChI=1S/C26H28N2O5/c1-17(8-6-7-11-21(29)30)32-25-23-22(18-12-14-20(31-2)15-13-18)24(19-9-4-3-5-10-19)33-26(23)28-16-27-25/h3-5,9-10,12-17,21,29-30H,6-8,11H2,1-2H3/t17-/m0/s1. The summed E-state index contributed by atoms with van der Waals surface area (Å²) in [5, 5.41) is 18.8. The molecule has 0 aliphatic rings. The lowest BCUT2D eigenvalue weighted by molar-refractivity contribution is -0.0468. The number of unbranched alkanes of at least 4 members (excludes halogenated alkanes) is 1. The molecule has 7 heteroatoms. The molecule has 172 valence electrons. The molecule has 2 aromatic heterocycles. The van der Waals surface area contributed by atoms with Crippen LogP contribution in [0, 0.1) is 0 Å². The first-order valence-electron chi connectivity index (χ1n) is 11.1. The Hall–Kier alpha value is -3.42. The topological polar surface area (TPSA) is 97.8 Å². The summed E-state index contributed by atoms with van der Waals surface area (Å²) in [6, 6.07) is 17.7. The van der Waals surface area contributed by atoms with Gasteiger partial charge in [0.25, 0.3) is 0 Å². The average molecular weight is 449 g/mol. The van der Waals surface area contributed by atoms with Crippen molar-refractivity contribution in [3.8, 4) is 34.1 Å². The second-order valence-electron chi connectivity index (χ2n) is 7.95. The van der Waals surface area contributed by atoms with E-state index in [2.05, 4.69) is 9.97 Å². The fraction of sp³-hybridized carbons (Fsp3) is 0.308. The van der Waals surface area contributed by atoms with Crippen LogP contribution in [0.25, 0.3) is 33.6 Å². The first-order chi connectivity index (χ1) is 16.1. The summed E-state index contributed by atoms with van der Waals surface area (Å²) in [5.74, 6) is 1.93. The predicted molar refractivity (Wildman–Crippen MR) is 126 cm³/mol. The van der Waals surface area contributed by atoms with E-state index in [-0.39, 0.29) is 6.10 Å². The van der Waals surface area contributed by atoms with Gasteiger partial charge in [0.1, 0.15) is 23.2 Å². The first kappa shape index (κ1) is 22.8. The van der Waals surface area contributed by atoms with Gasteiger partial charge in [-0.25, -0.2) is 9.97 Å². The van der Waals surface area contributed by atoms with Crippen LogP contribution in [0.2, 0.25) is 0 Å². The summed E-state index contributed by atoms with van der Waals surface area (Å²) in [5.41, 5.74) is 3.20. The van der Waals surface area contributed by atoms with Crippen molar-refractivity contribution in [2.24, 2.45) is 0 Å². The number of nitrogens with zero attached hydrogens (tertiary/aromatic N) is 2. The quantitative estimate of drug-likeness (QED) is 0.254. The van der Waals surface area contributed by atoms with Gasteiger partial charge in [0.2, 0.25) is 11.6 Å². The highest BCUT2D eigenvalue weighted by Gasteiger charge is 2.23. The number of hydrogen-bond donors (Lipinski definition) is 2. The van der Waals surface area contributed by atoms with Gasteiger partial charge in [-0.15, -0.1) is 0 Å². The molecule has 2 heterocycles. The summed E-state index contributed by atoms with van der Waals surface area (Å²) in [6.45, 7) is 1.98. The average Bonchev–Trinajstić information content (AvgIpc) is 3.23. The fourth-order valence-corrected chi connectivity index (χ4v) is 3.83. The fourth-order valence-electron chi connectivity index (χ4n) is 3.83. The molecular weight excluding hydrogens is 420 g/mol. The molecule has 7 nitrogen and oxygen atoms in total. The minimum absolute atomic E-state index is 0.113. The minimum atomic E-state index is -1.27. The van der Waals surface area contributed by atoms with E-state index in [0.29, 0.717) is 30.2 Å². The number of furan rings is 1. The van der Waals surface area contributed by atoms with E-state index >= 15 is 0 Å². The third kappa shape index (κ3) is 5.32. The number of fused-ring (bicyclic) bond motifs is 1. The van der Waals surface area contributed by atoms with Gasteiger partial charge in [-0.05, 0) is 50.3 Å². The maximum absolute atomic E-state index is 9.03. The second kappa shape index (κ2) is 10.5. The zero-order valence-corrected chi connectivity index (χ0v) is 18.8. The van der Waals surface area contributed by atoms with Gasteiger partial charge in [-0.2, -0.15) is 0 Å². The highest BCUT2D eigenvalue weighted by molar-refractivity contribution is 6.03. The molecule has 4 rings (SSSR count). The molecule has 0 bridgehead atoms. The number of rotatable bonds is 10. The molecule has 0 unspecified atom stereocenters. The van der Waals surface area contributed by atoms with Crippen molar-refractivity contribution in [1.29, 1.82) is 0 Å². The molecule has 1 atom stereocenters. The number of aliphatic hydroxyl groups is 2. The second-order valence-corrected chi connectivity index (χ2v) is 7.95. The maximum atomic E-state index is 9.03. The number of ether oxygens (including phenoxy) is 2. The van der Waals surface area contributed by atoms with Crippen LogP contribution in [0.5, 0.6) is 11.6 Å². The monoisotopic (exact) mass is 448 g/mol. The Balaban J connectivity index is 1.73. The molecule has 2 N–H and O–H groups in total. The Morgan fingerprint density at radius 1 is 0.909 bits per heavy atom. The van der Waals surface area contributed by atoms with Crippen molar-refractivity contribution < 1.29 is 24.1 Å². The Morgan fingerprint density at radius 3 is 2.33 bits per heavy atom. The van der Waals surface area contributed by atoms with Crippen LogP contribution in [0.1, 0.15) is 32.6 Å². The SMILES string of the molecule is COc1ccc(-c2c(-c3ccccc3)oc3ncnc(O[C@@H](C)CCCCC(O)O)c23)cc1. The summed E-state index contributed by atoms with van der Waals surface area (Å²) in [7, 11) is 1.64. The smallest absolute Gasteiger partial charge is 0.234 e. The van der Waals surface area contributed by atoms with Gasteiger partial charge in [0.15, 0.2) is 6.29 Å². The minimum Gasteiger partial charge on any atom is -0.497 e. The van der Waals surface area contributed by atoms with Crippen LogP contribution in [-0.2, 0) is 0 Å². The summed E-state index contributed by atoms with van der Waals surface area (Å²) < 4.78 is 17.8. The maximum Gasteiger partial charge on any atom is 0.234 e. The van der Waals surface area contributed by atoms with Crippen molar-refractivity contribution >= 4 is 11.1 Å². The lowest BCUT2D eigenvalue weighted by Gasteiger charge is -2.15. The molecule has 2 aromatic carbocycles. The van der Waals surface area contributed by atoms with Crippen molar-refractivity contribution in [1.82, 2.24) is 9.97 Å². The Bertz CT molecular complexity index is 1170. The van der Waals surface area contributed by atoms with Crippen LogP contribution in [0.3, 0.4) is 0 Å². The van der Waals surface area contributed by atoms with Crippen LogP contribution in [-0.4, -0.2) is 39.7 Å². The zero-order valence-electron chi connectivity index (χ0n) is 18.8. The van der Waals surface area contributed by atoms with Crippen molar-refractivity contribution in [2.45, 2.75) is 45.0 Å². The van der Waals surface area contributed by atoms with Gasteiger partial charge < -0.3 is 24.1 Å². The first-order valence-corrected chi connectivity index (χ1v) is 11.1. The van der Waals surface area contributed by atoms with E-state index in [4.69, 9.17) is 24.1 Å². The van der Waals surface area contributed by atoms with Crippen molar-refractivity contribution in [2.75, 3.05) is 7.11 Å². The lowest BCUT2D eigenvalue weighted by Crippen LogP contribution is -2.13. The summed E-state index contributed by atoms with van der Waals surface area (Å²) in [4.78, 5) is 8.80. The van der Waals surface area contributed by atoms with Gasteiger partial charge in [0, 0.05) is 11.1 Å². The molecule has 0 aliphatic heterocycles. The van der Waals surface area contributed by atoms with Crippen molar-refractivity contribution in [3.63, 3.8) is 0 Å². The van der Waals surface area contributed by atoms with E-state index < -0.39 is 6.29 Å². The van der Waals surface area contributed by atoms with E-state index in [1.807, 2.05) is 61.5 Å². The Labute approximate surface area is 192 Å². The van der Waals surface area contributed by atoms with Crippen LogP contribution < -0.4 is 9.47 Å².